The summed E-state index contributed by atoms with van der Waals surface area (Å²) < 4.78 is 45.1. The summed E-state index contributed by atoms with van der Waals surface area (Å²) in [5.74, 6) is -0.0258. The first-order chi connectivity index (χ1) is 16.4. The van der Waals surface area contributed by atoms with Gasteiger partial charge in [-0.3, -0.25) is 4.72 Å². The molecule has 4 rings (SSSR count). The molecule has 1 fully saturated rings. The SMILES string of the molecule is O=S(=O)(Nc1nccnc1OCc1ccc(COC2CCCCO2)cc1)c1cccc(Cl)c1Cl. The number of hydrogen-bond acceptors (Lipinski definition) is 7. The highest BCUT2D eigenvalue weighted by atomic mass is 35.5. The molecule has 180 valence electrons. The Morgan fingerprint density at radius 1 is 1.00 bits per heavy atom. The fourth-order valence-corrected chi connectivity index (χ4v) is 5.06. The van der Waals surface area contributed by atoms with Crippen LogP contribution in [0.1, 0.15) is 30.4 Å². The van der Waals surface area contributed by atoms with Gasteiger partial charge in [-0.15, -0.1) is 0 Å². The van der Waals surface area contributed by atoms with Crippen LogP contribution in [-0.2, 0) is 32.7 Å². The molecule has 0 saturated carbocycles. The van der Waals surface area contributed by atoms with Crippen LogP contribution in [0.2, 0.25) is 10.0 Å². The molecule has 0 radical (unpaired) electrons. The normalized spacial score (nSPS) is 16.2. The van der Waals surface area contributed by atoms with Crippen LogP contribution in [0.4, 0.5) is 5.82 Å². The van der Waals surface area contributed by atoms with Gasteiger partial charge in [-0.25, -0.2) is 18.4 Å². The van der Waals surface area contributed by atoms with Crippen LogP contribution >= 0.6 is 23.2 Å². The number of halogens is 2. The van der Waals surface area contributed by atoms with Gasteiger partial charge in [-0.05, 0) is 42.5 Å². The fourth-order valence-electron chi connectivity index (χ4n) is 3.29. The summed E-state index contributed by atoms with van der Waals surface area (Å²) >= 11 is 12.0. The summed E-state index contributed by atoms with van der Waals surface area (Å²) in [6, 6.07) is 12.1. The maximum Gasteiger partial charge on any atom is 0.264 e. The molecule has 11 heteroatoms. The number of benzene rings is 2. The van der Waals surface area contributed by atoms with Crippen molar-refractivity contribution in [3.05, 3.63) is 76.0 Å². The Balaban J connectivity index is 1.38. The zero-order valence-electron chi connectivity index (χ0n) is 18.1. The average molecular weight is 524 g/mol. The van der Waals surface area contributed by atoms with Crippen molar-refractivity contribution in [2.45, 2.75) is 43.7 Å². The van der Waals surface area contributed by atoms with Crippen molar-refractivity contribution in [1.82, 2.24) is 9.97 Å². The Morgan fingerprint density at radius 3 is 2.47 bits per heavy atom. The average Bonchev–Trinajstić information content (AvgIpc) is 2.85. The second-order valence-corrected chi connectivity index (χ2v) is 10.0. The van der Waals surface area contributed by atoms with E-state index in [0.717, 1.165) is 37.0 Å². The minimum atomic E-state index is -4.07. The number of ether oxygens (including phenoxy) is 3. The molecular weight excluding hydrogens is 501 g/mol. The van der Waals surface area contributed by atoms with Crippen LogP contribution < -0.4 is 9.46 Å². The van der Waals surface area contributed by atoms with E-state index < -0.39 is 10.0 Å². The van der Waals surface area contributed by atoms with E-state index in [-0.39, 0.29) is 39.5 Å². The third-order valence-corrected chi connectivity index (χ3v) is 7.39. The van der Waals surface area contributed by atoms with Crippen molar-refractivity contribution in [3.63, 3.8) is 0 Å². The summed E-state index contributed by atoms with van der Waals surface area (Å²) in [5.41, 5.74) is 1.89. The Labute approximate surface area is 208 Å². The number of anilines is 1. The molecule has 2 heterocycles. The molecule has 0 bridgehead atoms. The first kappa shape index (κ1) is 24.7. The van der Waals surface area contributed by atoms with E-state index in [1.54, 1.807) is 0 Å². The fraction of sp³-hybridized carbons (Fsp3) is 0.304. The molecule has 0 spiro atoms. The molecule has 1 aliphatic rings. The molecule has 1 unspecified atom stereocenters. The Hall–Kier alpha value is -2.43. The summed E-state index contributed by atoms with van der Waals surface area (Å²) in [5, 5.41) is 0.0439. The predicted molar refractivity (Wildman–Crippen MR) is 128 cm³/mol. The zero-order valence-corrected chi connectivity index (χ0v) is 20.4. The Kier molecular flexibility index (Phi) is 8.23. The lowest BCUT2D eigenvalue weighted by Gasteiger charge is -2.22. The maximum atomic E-state index is 12.8. The molecule has 1 aliphatic heterocycles. The molecule has 1 N–H and O–H groups in total. The number of hydrogen-bond donors (Lipinski definition) is 1. The molecule has 8 nitrogen and oxygen atoms in total. The number of nitrogens with one attached hydrogen (secondary N) is 1. The van der Waals surface area contributed by atoms with Crippen LogP contribution in [0.25, 0.3) is 0 Å². The monoisotopic (exact) mass is 523 g/mol. The quantitative estimate of drug-likeness (QED) is 0.411. The van der Waals surface area contributed by atoms with E-state index in [0.29, 0.717) is 6.61 Å². The van der Waals surface area contributed by atoms with Crippen LogP contribution in [0.5, 0.6) is 5.88 Å². The molecule has 1 saturated heterocycles. The third kappa shape index (κ3) is 6.37. The van der Waals surface area contributed by atoms with Gasteiger partial charge in [0.15, 0.2) is 6.29 Å². The van der Waals surface area contributed by atoms with Crippen molar-refractivity contribution >= 4 is 39.0 Å². The Bertz CT molecular complexity index is 1220. The molecule has 1 atom stereocenters. The third-order valence-electron chi connectivity index (χ3n) is 5.07. The Morgan fingerprint density at radius 2 is 1.74 bits per heavy atom. The van der Waals surface area contributed by atoms with Crippen molar-refractivity contribution in [1.29, 1.82) is 0 Å². The van der Waals surface area contributed by atoms with E-state index >= 15 is 0 Å². The molecule has 0 amide bonds. The molecular formula is C23H23Cl2N3O5S. The van der Waals surface area contributed by atoms with Gasteiger partial charge in [0.05, 0.1) is 16.7 Å². The van der Waals surface area contributed by atoms with Gasteiger partial charge in [0.1, 0.15) is 11.5 Å². The largest absolute Gasteiger partial charge is 0.470 e. The van der Waals surface area contributed by atoms with Gasteiger partial charge in [-0.1, -0.05) is 53.5 Å². The topological polar surface area (TPSA) is 99.6 Å². The summed E-state index contributed by atoms with van der Waals surface area (Å²) in [7, 11) is -4.07. The summed E-state index contributed by atoms with van der Waals surface area (Å²) in [4.78, 5) is 7.99. The highest BCUT2D eigenvalue weighted by Gasteiger charge is 2.22. The number of rotatable bonds is 9. The molecule has 1 aromatic heterocycles. The smallest absolute Gasteiger partial charge is 0.264 e. The highest BCUT2D eigenvalue weighted by Crippen LogP contribution is 2.31. The predicted octanol–water partition coefficient (Wildman–Crippen LogP) is 5.21. The standard InChI is InChI=1S/C23H23Cl2N3O5S/c24-18-4-3-5-19(21(18)25)34(29,30)28-22-23(27-12-11-26-22)33-15-17-9-7-16(8-10-17)14-32-20-6-1-2-13-31-20/h3-5,7-12,20H,1-2,6,13-15H2,(H,26,28). The van der Waals surface area contributed by atoms with Crippen molar-refractivity contribution < 1.29 is 22.6 Å². The second-order valence-electron chi connectivity index (χ2n) is 7.58. The lowest BCUT2D eigenvalue weighted by molar-refractivity contribution is -0.168. The highest BCUT2D eigenvalue weighted by molar-refractivity contribution is 7.92. The van der Waals surface area contributed by atoms with Crippen LogP contribution in [-0.4, -0.2) is 31.3 Å². The van der Waals surface area contributed by atoms with E-state index in [9.17, 15) is 8.42 Å². The van der Waals surface area contributed by atoms with Gasteiger partial charge >= 0.3 is 0 Å². The van der Waals surface area contributed by atoms with Gasteiger partial charge < -0.3 is 14.2 Å². The van der Waals surface area contributed by atoms with Crippen LogP contribution in [0.3, 0.4) is 0 Å². The van der Waals surface area contributed by atoms with E-state index in [1.165, 1.54) is 30.6 Å². The van der Waals surface area contributed by atoms with Gasteiger partial charge in [0.2, 0.25) is 5.82 Å². The number of nitrogens with zero attached hydrogens (tertiary/aromatic N) is 2. The minimum absolute atomic E-state index is 0.0334. The second kappa shape index (κ2) is 11.3. The molecule has 3 aromatic rings. The van der Waals surface area contributed by atoms with E-state index in [2.05, 4.69) is 14.7 Å². The minimum Gasteiger partial charge on any atom is -0.470 e. The van der Waals surface area contributed by atoms with Crippen LogP contribution in [0.15, 0.2) is 59.8 Å². The molecule has 2 aromatic carbocycles. The van der Waals surface area contributed by atoms with E-state index in [1.807, 2.05) is 24.3 Å². The first-order valence-corrected chi connectivity index (χ1v) is 12.9. The maximum absolute atomic E-state index is 12.8. The van der Waals surface area contributed by atoms with Gasteiger partial charge in [-0.2, -0.15) is 0 Å². The van der Waals surface area contributed by atoms with Gasteiger partial charge in [0, 0.05) is 19.0 Å². The molecule has 34 heavy (non-hydrogen) atoms. The van der Waals surface area contributed by atoms with Crippen molar-refractivity contribution in [3.8, 4) is 5.88 Å². The van der Waals surface area contributed by atoms with Gasteiger partial charge in [0.25, 0.3) is 15.9 Å². The summed E-state index contributed by atoms with van der Waals surface area (Å²) in [6.45, 7) is 1.37. The lowest BCUT2D eigenvalue weighted by Crippen LogP contribution is -2.21. The van der Waals surface area contributed by atoms with Crippen molar-refractivity contribution in [2.24, 2.45) is 0 Å². The van der Waals surface area contributed by atoms with Crippen molar-refractivity contribution in [2.75, 3.05) is 11.3 Å². The zero-order chi connectivity index (χ0) is 24.0. The first-order valence-electron chi connectivity index (χ1n) is 10.6. The number of aromatic nitrogens is 2. The molecule has 0 aliphatic carbocycles. The lowest BCUT2D eigenvalue weighted by atomic mass is 10.1. The summed E-state index contributed by atoms with van der Waals surface area (Å²) in [6.07, 6.45) is 5.74. The van der Waals surface area contributed by atoms with E-state index in [4.69, 9.17) is 37.4 Å². The van der Waals surface area contributed by atoms with Crippen LogP contribution in [0, 0.1) is 0 Å². The number of sulfonamides is 1.